The first-order valence-electron chi connectivity index (χ1n) is 5.98. The van der Waals surface area contributed by atoms with Crippen molar-refractivity contribution in [1.29, 1.82) is 0 Å². The van der Waals surface area contributed by atoms with Gasteiger partial charge in [0.05, 0.1) is 0 Å². The highest BCUT2D eigenvalue weighted by Gasteiger charge is 2.57. The number of hydrogen-bond donors (Lipinski definition) is 0. The van der Waals surface area contributed by atoms with Crippen molar-refractivity contribution in [1.82, 2.24) is 4.23 Å². The number of nitrogens with zero attached hydrogens (tertiary/aromatic N) is 1. The Morgan fingerprint density at radius 2 is 1.80 bits per heavy atom. The van der Waals surface area contributed by atoms with E-state index in [1.165, 1.54) is 0 Å². The van der Waals surface area contributed by atoms with Crippen molar-refractivity contribution in [3.05, 3.63) is 23.4 Å². The molecule has 1 aliphatic carbocycles. The van der Waals surface area contributed by atoms with Crippen LogP contribution in [0.25, 0.3) is 0 Å². The summed E-state index contributed by atoms with van der Waals surface area (Å²) in [4.78, 5) is 0. The van der Waals surface area contributed by atoms with Crippen LogP contribution in [0, 0.1) is 0 Å². The summed E-state index contributed by atoms with van der Waals surface area (Å²) in [5, 5.41) is 1.79. The minimum atomic E-state index is -1.30. The number of fused-ring (bicyclic) bond motifs is 1. The van der Waals surface area contributed by atoms with E-state index in [1.807, 2.05) is 0 Å². The Morgan fingerprint density at radius 1 is 1.20 bits per heavy atom. The van der Waals surface area contributed by atoms with E-state index in [0.717, 1.165) is 5.54 Å². The molecule has 1 nitrogen and oxygen atoms in total. The van der Waals surface area contributed by atoms with Crippen LogP contribution in [0.5, 0.6) is 0 Å². The molecule has 1 aliphatic heterocycles. The molecule has 0 N–H and O–H groups in total. The smallest absolute Gasteiger partial charge is 0.144 e. The molecule has 0 aromatic heterocycles. The molecule has 0 spiro atoms. The van der Waals surface area contributed by atoms with Crippen LogP contribution in [0.2, 0.25) is 31.7 Å². The van der Waals surface area contributed by atoms with Crippen LogP contribution in [0.4, 0.5) is 0 Å². The maximum absolute atomic E-state index is 2.93. The van der Waals surface area contributed by atoms with Gasteiger partial charge in [0.15, 0.2) is 0 Å². The quantitative estimate of drug-likeness (QED) is 0.631. The number of allylic oxidation sites excluding steroid dienone is 4. The molecular weight excluding hydrogens is 214 g/mol. The highest BCUT2D eigenvalue weighted by atomic mass is 28.4. The van der Waals surface area contributed by atoms with Crippen molar-refractivity contribution in [2.45, 2.75) is 51.6 Å². The SMILES string of the molecule is CC(C)N1[Si](C)(C)C2=CC=CC2[Si]1(C)C. The third kappa shape index (κ3) is 1.36. The monoisotopic (exact) mass is 237 g/mol. The molecule has 1 atom stereocenters. The highest BCUT2D eigenvalue weighted by Crippen LogP contribution is 2.51. The molecule has 0 amide bonds. The Hall–Kier alpha value is -0.126. The van der Waals surface area contributed by atoms with E-state index in [2.05, 4.69) is 62.5 Å². The summed E-state index contributed by atoms with van der Waals surface area (Å²) in [5.74, 6) is 0. The fourth-order valence-electron chi connectivity index (χ4n) is 4.00. The highest BCUT2D eigenvalue weighted by molar-refractivity contribution is 7.01. The second-order valence-electron chi connectivity index (χ2n) is 6.16. The van der Waals surface area contributed by atoms with Crippen molar-refractivity contribution < 1.29 is 0 Å². The van der Waals surface area contributed by atoms with Gasteiger partial charge in [-0.3, -0.25) is 0 Å². The average molecular weight is 237 g/mol. The van der Waals surface area contributed by atoms with Crippen molar-refractivity contribution in [2.24, 2.45) is 0 Å². The van der Waals surface area contributed by atoms with E-state index in [9.17, 15) is 0 Å². The van der Waals surface area contributed by atoms with Gasteiger partial charge in [0, 0.05) is 5.54 Å². The molecule has 0 aromatic rings. The zero-order valence-corrected chi connectivity index (χ0v) is 12.8. The summed E-state index contributed by atoms with van der Waals surface area (Å²) in [5.41, 5.74) is 0.807. The minimum Gasteiger partial charge on any atom is -0.339 e. The van der Waals surface area contributed by atoms with Gasteiger partial charge < -0.3 is 4.23 Å². The third-order valence-corrected chi connectivity index (χ3v) is 15.2. The number of hydrogen-bond acceptors (Lipinski definition) is 1. The van der Waals surface area contributed by atoms with E-state index in [0.29, 0.717) is 6.04 Å². The van der Waals surface area contributed by atoms with Gasteiger partial charge in [-0.1, -0.05) is 63.5 Å². The van der Waals surface area contributed by atoms with Crippen LogP contribution in [-0.2, 0) is 0 Å². The predicted octanol–water partition coefficient (Wildman–Crippen LogP) is 3.53. The first-order valence-corrected chi connectivity index (χ1v) is 11.9. The zero-order chi connectivity index (χ0) is 11.4. The molecule has 1 saturated heterocycles. The van der Waals surface area contributed by atoms with Crippen LogP contribution in [0.15, 0.2) is 23.4 Å². The molecule has 0 radical (unpaired) electrons. The molecule has 3 heteroatoms. The Morgan fingerprint density at radius 3 is 2.27 bits per heavy atom. The average Bonchev–Trinajstić information content (AvgIpc) is 2.52. The van der Waals surface area contributed by atoms with Gasteiger partial charge in [0.2, 0.25) is 0 Å². The van der Waals surface area contributed by atoms with Gasteiger partial charge in [-0.15, -0.1) is 0 Å². The summed E-state index contributed by atoms with van der Waals surface area (Å²) in [7, 11) is -2.56. The number of rotatable bonds is 1. The summed E-state index contributed by atoms with van der Waals surface area (Å²) >= 11 is 0. The lowest BCUT2D eigenvalue weighted by molar-refractivity contribution is 0.515. The van der Waals surface area contributed by atoms with E-state index >= 15 is 0 Å². The van der Waals surface area contributed by atoms with Crippen LogP contribution in [0.1, 0.15) is 13.8 Å². The molecule has 15 heavy (non-hydrogen) atoms. The zero-order valence-electron chi connectivity index (χ0n) is 10.8. The minimum absolute atomic E-state index is 0.716. The topological polar surface area (TPSA) is 3.24 Å². The van der Waals surface area contributed by atoms with Gasteiger partial charge in [0.1, 0.15) is 16.5 Å². The Labute approximate surface area is 96.0 Å². The lowest BCUT2D eigenvalue weighted by Crippen LogP contribution is -2.59. The van der Waals surface area contributed by atoms with Gasteiger partial charge in [-0.2, -0.15) is 0 Å². The van der Waals surface area contributed by atoms with Gasteiger partial charge >= 0.3 is 0 Å². The van der Waals surface area contributed by atoms with Crippen molar-refractivity contribution >= 4 is 16.5 Å². The summed E-state index contributed by atoms with van der Waals surface area (Å²) in [6, 6.07) is 0.716. The Bertz CT molecular complexity index is 340. The largest absolute Gasteiger partial charge is 0.339 e. The van der Waals surface area contributed by atoms with Crippen LogP contribution in [0.3, 0.4) is 0 Å². The fourth-order valence-corrected chi connectivity index (χ4v) is 18.7. The van der Waals surface area contributed by atoms with E-state index in [1.54, 1.807) is 5.20 Å². The molecule has 1 fully saturated rings. The summed E-state index contributed by atoms with van der Waals surface area (Å²) in [6.07, 6.45) is 7.16. The van der Waals surface area contributed by atoms with Crippen molar-refractivity contribution in [3.8, 4) is 0 Å². The fraction of sp³-hybridized carbons (Fsp3) is 0.667. The summed E-state index contributed by atoms with van der Waals surface area (Å²) in [6.45, 7) is 14.9. The lowest BCUT2D eigenvalue weighted by atomic mass is 10.4. The first kappa shape index (κ1) is 11.4. The van der Waals surface area contributed by atoms with E-state index in [4.69, 9.17) is 0 Å². The molecule has 2 rings (SSSR count). The van der Waals surface area contributed by atoms with Gasteiger partial charge in [0.25, 0.3) is 0 Å². The molecule has 0 aromatic carbocycles. The van der Waals surface area contributed by atoms with Gasteiger partial charge in [-0.05, 0) is 6.04 Å². The molecule has 1 heterocycles. The Balaban J connectivity index is 2.50. The molecule has 0 bridgehead atoms. The van der Waals surface area contributed by atoms with Gasteiger partial charge in [-0.25, -0.2) is 0 Å². The molecular formula is C12H23NSi2. The summed E-state index contributed by atoms with van der Waals surface area (Å²) < 4.78 is 2.93. The van der Waals surface area contributed by atoms with Crippen molar-refractivity contribution in [3.63, 3.8) is 0 Å². The second kappa shape index (κ2) is 3.18. The Kier molecular flexibility index (Phi) is 2.41. The standard InChI is InChI=1S/C12H23NSi2/c1-10(2)13-14(3,4)11-8-7-9-12(11)15(13,5)6/h7-11H,1-6H3. The first-order chi connectivity index (χ1) is 6.79. The molecule has 1 unspecified atom stereocenters. The molecule has 2 aliphatic rings. The van der Waals surface area contributed by atoms with Crippen LogP contribution in [-0.4, -0.2) is 26.7 Å². The predicted molar refractivity (Wildman–Crippen MR) is 72.9 cm³/mol. The molecule has 0 saturated carbocycles. The third-order valence-electron chi connectivity index (χ3n) is 4.12. The lowest BCUT2D eigenvalue weighted by Gasteiger charge is -2.42. The second-order valence-corrected chi connectivity index (χ2v) is 15.2. The van der Waals surface area contributed by atoms with E-state index < -0.39 is 16.5 Å². The normalized spacial score (nSPS) is 32.2. The van der Waals surface area contributed by atoms with E-state index in [-0.39, 0.29) is 0 Å². The van der Waals surface area contributed by atoms with Crippen LogP contribution < -0.4 is 0 Å². The maximum Gasteiger partial charge on any atom is 0.144 e. The van der Waals surface area contributed by atoms with Crippen molar-refractivity contribution in [2.75, 3.05) is 0 Å². The maximum atomic E-state index is 2.93. The molecule has 84 valence electrons. The van der Waals surface area contributed by atoms with Crippen LogP contribution >= 0.6 is 0 Å².